The molecule has 17 heteroatoms. The fourth-order valence-electron chi connectivity index (χ4n) is 1.90. The van der Waals surface area contributed by atoms with Gasteiger partial charge in [0.15, 0.2) is 0 Å². The molecule has 2 rings (SSSR count). The Morgan fingerprint density at radius 1 is 0.621 bits per heavy atom. The highest BCUT2D eigenvalue weighted by Crippen LogP contribution is 2.35. The van der Waals surface area contributed by atoms with Gasteiger partial charge in [-0.1, -0.05) is 0 Å². The molecule has 0 radical (unpaired) electrons. The van der Waals surface area contributed by atoms with Crippen molar-refractivity contribution in [1.82, 2.24) is 0 Å². The first-order valence-corrected chi connectivity index (χ1v) is 8.24. The molecule has 0 N–H and O–H groups in total. The van der Waals surface area contributed by atoms with Crippen molar-refractivity contribution in [3.05, 3.63) is 76.9 Å². The molecule has 0 aliphatic carbocycles. The van der Waals surface area contributed by atoms with Crippen molar-refractivity contribution in [2.45, 2.75) is 0 Å². The van der Waals surface area contributed by atoms with Crippen LogP contribution < -0.4 is 8.37 Å². The maximum absolute atomic E-state index is 12.0. The molecule has 0 aliphatic heterocycles. The second-order valence-corrected chi connectivity index (χ2v) is 6.06. The SMILES string of the molecule is O=[N+]([O-])c1ccc(OS(=O)(=O)Oc2ccc([N+](=O)[O-])cc2[N+](=O)[O-])c([N+](=O)[O-])c1. The number of nitro groups is 4. The Kier molecular flexibility index (Phi) is 5.53. The van der Waals surface area contributed by atoms with E-state index in [4.69, 9.17) is 0 Å². The third-order valence-electron chi connectivity index (χ3n) is 3.08. The quantitative estimate of drug-likeness (QED) is 0.433. The molecule has 16 nitrogen and oxygen atoms in total. The Morgan fingerprint density at radius 2 is 0.966 bits per heavy atom. The molecule has 152 valence electrons. The summed E-state index contributed by atoms with van der Waals surface area (Å²) in [7, 11) is -5.21. The number of nitrogens with zero attached hydrogens (tertiary/aromatic N) is 4. The van der Waals surface area contributed by atoms with Crippen molar-refractivity contribution in [3.8, 4) is 11.5 Å². The van der Waals surface area contributed by atoms with Gasteiger partial charge in [-0.05, 0) is 12.1 Å². The van der Waals surface area contributed by atoms with Crippen LogP contribution in [0.15, 0.2) is 36.4 Å². The second-order valence-electron chi connectivity index (χ2n) is 4.91. The lowest BCUT2D eigenvalue weighted by Crippen LogP contribution is -2.18. The zero-order chi connectivity index (χ0) is 21.9. The Bertz CT molecular complexity index is 1060. The minimum absolute atomic E-state index is 0.430. The van der Waals surface area contributed by atoms with E-state index in [2.05, 4.69) is 8.37 Å². The molecule has 0 heterocycles. The van der Waals surface area contributed by atoms with Gasteiger partial charge in [0.05, 0.1) is 31.8 Å². The molecule has 0 atom stereocenters. The average molecular weight is 430 g/mol. The number of benzene rings is 2. The maximum atomic E-state index is 12.0. The Morgan fingerprint density at radius 3 is 1.24 bits per heavy atom. The van der Waals surface area contributed by atoms with Crippen LogP contribution in [0.25, 0.3) is 0 Å². The third-order valence-corrected chi connectivity index (χ3v) is 3.85. The second kappa shape index (κ2) is 7.68. The van der Waals surface area contributed by atoms with Gasteiger partial charge in [0.25, 0.3) is 11.4 Å². The summed E-state index contributed by atoms with van der Waals surface area (Å²) in [6.45, 7) is 0. The van der Waals surface area contributed by atoms with Gasteiger partial charge in [0.1, 0.15) is 0 Å². The molecule has 0 saturated heterocycles. The van der Waals surface area contributed by atoms with Gasteiger partial charge in [-0.15, -0.1) is 8.42 Å². The van der Waals surface area contributed by atoms with E-state index in [1.807, 2.05) is 0 Å². The summed E-state index contributed by atoms with van der Waals surface area (Å²) >= 11 is 0. The van der Waals surface area contributed by atoms with Crippen LogP contribution in [0.2, 0.25) is 0 Å². The van der Waals surface area contributed by atoms with E-state index < -0.39 is 64.3 Å². The van der Waals surface area contributed by atoms with Gasteiger partial charge < -0.3 is 8.37 Å². The molecular formula is C12H6N4O12S. The van der Waals surface area contributed by atoms with E-state index in [0.717, 1.165) is 0 Å². The maximum Gasteiger partial charge on any atom is 0.501 e. The van der Waals surface area contributed by atoms with Crippen LogP contribution >= 0.6 is 0 Å². The van der Waals surface area contributed by atoms with Gasteiger partial charge >= 0.3 is 21.8 Å². The summed E-state index contributed by atoms with van der Waals surface area (Å²) in [4.78, 5) is 39.1. The largest absolute Gasteiger partial charge is 0.501 e. The summed E-state index contributed by atoms with van der Waals surface area (Å²) in [5.41, 5.74) is -3.64. The average Bonchev–Trinajstić information content (AvgIpc) is 2.60. The minimum Gasteiger partial charge on any atom is -0.345 e. The van der Waals surface area contributed by atoms with E-state index in [-0.39, 0.29) is 0 Å². The summed E-state index contributed by atoms with van der Waals surface area (Å²) in [6.07, 6.45) is 0. The highest BCUT2D eigenvalue weighted by atomic mass is 32.3. The van der Waals surface area contributed by atoms with Crippen molar-refractivity contribution >= 4 is 33.1 Å². The van der Waals surface area contributed by atoms with Crippen molar-refractivity contribution in [3.63, 3.8) is 0 Å². The molecule has 0 spiro atoms. The van der Waals surface area contributed by atoms with Gasteiger partial charge in [-0.3, -0.25) is 40.5 Å². The third kappa shape index (κ3) is 4.86. The van der Waals surface area contributed by atoms with Crippen LogP contribution in [0.4, 0.5) is 22.7 Å². The smallest absolute Gasteiger partial charge is 0.345 e. The number of nitro benzene ring substituents is 4. The summed E-state index contributed by atoms with van der Waals surface area (Å²) < 4.78 is 32.7. The predicted molar refractivity (Wildman–Crippen MR) is 89.7 cm³/mol. The number of rotatable bonds is 8. The monoisotopic (exact) mass is 430 g/mol. The van der Waals surface area contributed by atoms with Crippen molar-refractivity contribution in [2.75, 3.05) is 0 Å². The topological polar surface area (TPSA) is 225 Å². The zero-order valence-corrected chi connectivity index (χ0v) is 14.4. The molecule has 0 fully saturated rings. The molecular weight excluding hydrogens is 424 g/mol. The van der Waals surface area contributed by atoms with Crippen LogP contribution in [0.3, 0.4) is 0 Å². The fourth-order valence-corrected chi connectivity index (χ4v) is 2.66. The highest BCUT2D eigenvalue weighted by molar-refractivity contribution is 7.82. The standard InChI is InChI=1S/C12H6N4O12S/c17-13(18)7-1-3-11(9(5-7)15(21)22)27-29(25,26)28-12-4-2-8(14(19)20)6-10(12)16(23)24/h1-6H. The molecule has 0 saturated carbocycles. The number of non-ortho nitro benzene ring substituents is 2. The summed E-state index contributed by atoms with van der Waals surface area (Å²) in [5.74, 6) is -1.93. The normalized spacial score (nSPS) is 10.8. The Hall–Kier alpha value is -4.41. The molecule has 29 heavy (non-hydrogen) atoms. The lowest BCUT2D eigenvalue weighted by Gasteiger charge is -2.08. The Balaban J connectivity index is 2.41. The molecule has 0 aliphatic rings. The van der Waals surface area contributed by atoms with Crippen LogP contribution in [0, 0.1) is 40.5 Å². The fraction of sp³-hybridized carbons (Fsp3) is 0. The van der Waals surface area contributed by atoms with Crippen molar-refractivity contribution in [2.24, 2.45) is 0 Å². The van der Waals surface area contributed by atoms with Crippen LogP contribution in [0.5, 0.6) is 11.5 Å². The lowest BCUT2D eigenvalue weighted by molar-refractivity contribution is -0.394. The molecule has 0 unspecified atom stereocenters. The van der Waals surface area contributed by atoms with Crippen LogP contribution in [-0.4, -0.2) is 28.1 Å². The van der Waals surface area contributed by atoms with Crippen LogP contribution in [0.1, 0.15) is 0 Å². The molecule has 2 aromatic carbocycles. The van der Waals surface area contributed by atoms with E-state index in [9.17, 15) is 48.9 Å². The van der Waals surface area contributed by atoms with Gasteiger partial charge in [-0.2, -0.15) is 0 Å². The van der Waals surface area contributed by atoms with Gasteiger partial charge in [-0.25, -0.2) is 0 Å². The summed E-state index contributed by atoms with van der Waals surface area (Å²) in [5, 5.41) is 43.4. The zero-order valence-electron chi connectivity index (χ0n) is 13.6. The first kappa shape index (κ1) is 20.9. The van der Waals surface area contributed by atoms with Crippen LogP contribution in [-0.2, 0) is 10.4 Å². The summed E-state index contributed by atoms with van der Waals surface area (Å²) in [6, 6.07) is 3.51. The highest BCUT2D eigenvalue weighted by Gasteiger charge is 2.29. The predicted octanol–water partition coefficient (Wildman–Crippen LogP) is 2.02. The first-order valence-electron chi connectivity index (χ1n) is 6.91. The van der Waals surface area contributed by atoms with Crippen molar-refractivity contribution < 1.29 is 36.5 Å². The lowest BCUT2D eigenvalue weighted by atomic mass is 10.2. The first-order chi connectivity index (χ1) is 13.4. The number of hydrogen-bond donors (Lipinski definition) is 0. The minimum atomic E-state index is -5.21. The van der Waals surface area contributed by atoms with Crippen molar-refractivity contribution in [1.29, 1.82) is 0 Å². The molecule has 0 amide bonds. The Labute approximate surface area is 158 Å². The van der Waals surface area contributed by atoms with E-state index >= 15 is 0 Å². The molecule has 0 aromatic heterocycles. The van der Waals surface area contributed by atoms with E-state index in [0.29, 0.717) is 36.4 Å². The molecule has 2 aromatic rings. The number of hydrogen-bond acceptors (Lipinski definition) is 12. The van der Waals surface area contributed by atoms with E-state index in [1.54, 1.807) is 0 Å². The molecule has 0 bridgehead atoms. The van der Waals surface area contributed by atoms with E-state index in [1.165, 1.54) is 0 Å². The van der Waals surface area contributed by atoms with Gasteiger partial charge in [0.2, 0.25) is 11.5 Å². The van der Waals surface area contributed by atoms with Gasteiger partial charge in [0, 0.05) is 12.1 Å².